The van der Waals surface area contributed by atoms with Crippen LogP contribution in [0, 0.1) is 0 Å². The van der Waals surface area contributed by atoms with Gasteiger partial charge in [-0.25, -0.2) is 0 Å². The lowest BCUT2D eigenvalue weighted by Crippen LogP contribution is -2.49. The van der Waals surface area contributed by atoms with Crippen LogP contribution in [0.4, 0.5) is 0 Å². The van der Waals surface area contributed by atoms with Crippen LogP contribution < -0.4 is 0 Å². The number of unbranched alkanes of at least 4 members (excludes halogenated alkanes) is 1. The molecule has 0 unspecified atom stereocenters. The highest BCUT2D eigenvalue weighted by Crippen LogP contribution is 2.11. The van der Waals surface area contributed by atoms with Crippen LogP contribution in [0.25, 0.3) is 0 Å². The largest absolute Gasteiger partial charge is 0.324 e. The van der Waals surface area contributed by atoms with E-state index in [4.69, 9.17) is 0 Å². The molecule has 0 aliphatic rings. The zero-order valence-electron chi connectivity index (χ0n) is 10.1. The third-order valence-electron chi connectivity index (χ3n) is 3.05. The molecule has 80 valence electrons. The molecule has 0 saturated heterocycles. The Morgan fingerprint density at radius 3 is 1.54 bits per heavy atom. The Kier molecular flexibility index (Phi) is 7.35. The lowest BCUT2D eigenvalue weighted by atomic mass is 10.2. The van der Waals surface area contributed by atoms with Crippen molar-refractivity contribution < 1.29 is 4.48 Å². The monoisotopic (exact) mass is 186 g/mol. The zero-order valence-corrected chi connectivity index (χ0v) is 10.1. The molecule has 1 nitrogen and oxygen atoms in total. The first-order valence-corrected chi connectivity index (χ1v) is 6.09. The van der Waals surface area contributed by atoms with Gasteiger partial charge in [0.1, 0.15) is 0 Å². The molecule has 0 spiro atoms. The van der Waals surface area contributed by atoms with Crippen LogP contribution in [0.3, 0.4) is 0 Å². The molecule has 0 aromatic rings. The molecule has 0 radical (unpaired) electrons. The molecule has 0 N–H and O–H groups in total. The maximum Gasteiger partial charge on any atom is 0.0786 e. The second kappa shape index (κ2) is 7.37. The average Bonchev–Trinajstić information content (AvgIpc) is 2.15. The number of quaternary nitrogens is 1. The van der Waals surface area contributed by atoms with Gasteiger partial charge >= 0.3 is 0 Å². The second-order valence-electron chi connectivity index (χ2n) is 4.18. The Balaban J connectivity index is 4.07. The van der Waals surface area contributed by atoms with Gasteiger partial charge in [-0.15, -0.1) is 0 Å². The van der Waals surface area contributed by atoms with E-state index in [9.17, 15) is 0 Å². The minimum absolute atomic E-state index is 1.32. The van der Waals surface area contributed by atoms with Crippen LogP contribution >= 0.6 is 0 Å². The summed E-state index contributed by atoms with van der Waals surface area (Å²) >= 11 is 0. The summed E-state index contributed by atoms with van der Waals surface area (Å²) in [5.74, 6) is 0. The van der Waals surface area contributed by atoms with Crippen LogP contribution in [-0.2, 0) is 0 Å². The van der Waals surface area contributed by atoms with Crippen molar-refractivity contribution in [2.24, 2.45) is 0 Å². The predicted octanol–water partition coefficient (Wildman–Crippen LogP) is 3.44. The fourth-order valence-corrected chi connectivity index (χ4v) is 2.25. The molecule has 13 heavy (non-hydrogen) atoms. The first kappa shape index (κ1) is 13.0. The first-order chi connectivity index (χ1) is 6.24. The normalized spacial score (nSPS) is 12.0. The molecule has 0 aliphatic carbocycles. The van der Waals surface area contributed by atoms with E-state index in [1.807, 2.05) is 0 Å². The molecule has 0 rings (SSSR count). The molecule has 0 fully saturated rings. The molecule has 0 aliphatic heterocycles. The molecule has 0 aromatic carbocycles. The lowest BCUT2D eigenvalue weighted by molar-refractivity contribution is -0.926. The van der Waals surface area contributed by atoms with E-state index in [1.54, 1.807) is 0 Å². The van der Waals surface area contributed by atoms with Gasteiger partial charge in [0.05, 0.1) is 26.2 Å². The molecular formula is C12H28N+. The third-order valence-corrected chi connectivity index (χ3v) is 3.05. The number of hydrogen-bond donors (Lipinski definition) is 0. The van der Waals surface area contributed by atoms with Gasteiger partial charge in [-0.2, -0.15) is 0 Å². The SMILES string of the molecule is CCCC[N+](CC)(CCC)CCC. The Morgan fingerprint density at radius 1 is 0.692 bits per heavy atom. The summed E-state index contributed by atoms with van der Waals surface area (Å²) in [4.78, 5) is 0. The summed E-state index contributed by atoms with van der Waals surface area (Å²) in [5.41, 5.74) is 0. The summed E-state index contributed by atoms with van der Waals surface area (Å²) in [6.45, 7) is 14.7. The fraction of sp³-hybridized carbons (Fsp3) is 1.00. The van der Waals surface area contributed by atoms with Gasteiger partial charge in [0, 0.05) is 0 Å². The van der Waals surface area contributed by atoms with Crippen LogP contribution in [0.5, 0.6) is 0 Å². The minimum atomic E-state index is 1.32. The maximum absolute atomic E-state index is 2.35. The minimum Gasteiger partial charge on any atom is -0.324 e. The van der Waals surface area contributed by atoms with Crippen molar-refractivity contribution >= 4 is 0 Å². The van der Waals surface area contributed by atoms with E-state index < -0.39 is 0 Å². The molecule has 0 amide bonds. The molecule has 1 heteroatoms. The van der Waals surface area contributed by atoms with Gasteiger partial charge in [-0.05, 0) is 26.2 Å². The summed E-state index contributed by atoms with van der Waals surface area (Å²) in [7, 11) is 0. The zero-order chi connectivity index (χ0) is 10.2. The van der Waals surface area contributed by atoms with Crippen molar-refractivity contribution in [3.05, 3.63) is 0 Å². The highest BCUT2D eigenvalue weighted by molar-refractivity contribution is 4.43. The van der Waals surface area contributed by atoms with Gasteiger partial charge in [0.15, 0.2) is 0 Å². The summed E-state index contributed by atoms with van der Waals surface area (Å²) in [6, 6.07) is 0. The average molecular weight is 186 g/mol. The molecular weight excluding hydrogens is 158 g/mol. The smallest absolute Gasteiger partial charge is 0.0786 e. The van der Waals surface area contributed by atoms with Gasteiger partial charge in [0.25, 0.3) is 0 Å². The Labute approximate surface area is 84.7 Å². The Bertz CT molecular complexity index is 104. The van der Waals surface area contributed by atoms with Crippen molar-refractivity contribution in [1.29, 1.82) is 0 Å². The van der Waals surface area contributed by atoms with Crippen molar-refractivity contribution in [2.75, 3.05) is 26.2 Å². The first-order valence-electron chi connectivity index (χ1n) is 6.09. The Morgan fingerprint density at radius 2 is 1.23 bits per heavy atom. The number of hydrogen-bond acceptors (Lipinski definition) is 0. The van der Waals surface area contributed by atoms with E-state index in [1.165, 1.54) is 56.3 Å². The molecule has 0 heterocycles. The predicted molar refractivity (Wildman–Crippen MR) is 60.9 cm³/mol. The highest BCUT2D eigenvalue weighted by atomic mass is 15.3. The van der Waals surface area contributed by atoms with Crippen LogP contribution in [0.15, 0.2) is 0 Å². The fourth-order valence-electron chi connectivity index (χ4n) is 2.25. The van der Waals surface area contributed by atoms with Crippen LogP contribution in [-0.4, -0.2) is 30.7 Å². The highest BCUT2D eigenvalue weighted by Gasteiger charge is 2.21. The van der Waals surface area contributed by atoms with Gasteiger partial charge in [-0.1, -0.05) is 27.2 Å². The van der Waals surface area contributed by atoms with Gasteiger partial charge in [0.2, 0.25) is 0 Å². The Hall–Kier alpha value is -0.0400. The topological polar surface area (TPSA) is 0 Å². The maximum atomic E-state index is 2.35. The summed E-state index contributed by atoms with van der Waals surface area (Å²) in [6.07, 6.45) is 5.40. The molecule has 0 aromatic heterocycles. The summed E-state index contributed by atoms with van der Waals surface area (Å²) < 4.78 is 1.36. The van der Waals surface area contributed by atoms with E-state index in [0.29, 0.717) is 0 Å². The van der Waals surface area contributed by atoms with Crippen molar-refractivity contribution in [3.8, 4) is 0 Å². The van der Waals surface area contributed by atoms with Gasteiger partial charge < -0.3 is 4.48 Å². The van der Waals surface area contributed by atoms with E-state index in [0.717, 1.165) is 0 Å². The van der Waals surface area contributed by atoms with Crippen LogP contribution in [0.1, 0.15) is 53.4 Å². The third kappa shape index (κ3) is 4.66. The quantitative estimate of drug-likeness (QED) is 0.509. The van der Waals surface area contributed by atoms with Gasteiger partial charge in [-0.3, -0.25) is 0 Å². The molecule has 0 saturated carbocycles. The second-order valence-corrected chi connectivity index (χ2v) is 4.18. The molecule has 0 bridgehead atoms. The van der Waals surface area contributed by atoms with Crippen molar-refractivity contribution in [2.45, 2.75) is 53.4 Å². The van der Waals surface area contributed by atoms with Crippen LogP contribution in [0.2, 0.25) is 0 Å². The van der Waals surface area contributed by atoms with Crippen molar-refractivity contribution in [3.63, 3.8) is 0 Å². The standard InChI is InChI=1S/C12H28N/c1-5-9-12-13(8-4,10-6-2)11-7-3/h5-12H2,1-4H3/q+1. The van der Waals surface area contributed by atoms with E-state index in [-0.39, 0.29) is 0 Å². The number of rotatable bonds is 8. The van der Waals surface area contributed by atoms with E-state index >= 15 is 0 Å². The summed E-state index contributed by atoms with van der Waals surface area (Å²) in [5, 5.41) is 0. The molecule has 0 atom stereocenters. The van der Waals surface area contributed by atoms with E-state index in [2.05, 4.69) is 27.7 Å². The number of nitrogens with zero attached hydrogens (tertiary/aromatic N) is 1. The lowest BCUT2D eigenvalue weighted by Gasteiger charge is -2.37. The van der Waals surface area contributed by atoms with Crippen molar-refractivity contribution in [1.82, 2.24) is 0 Å².